The highest BCUT2D eigenvalue weighted by molar-refractivity contribution is 6.33. The van der Waals surface area contributed by atoms with Crippen molar-refractivity contribution in [2.75, 3.05) is 7.05 Å². The topological polar surface area (TPSA) is 29.9 Å². The molecule has 0 spiro atoms. The van der Waals surface area contributed by atoms with Crippen LogP contribution in [0, 0.1) is 0 Å². The van der Waals surface area contributed by atoms with E-state index in [0.717, 1.165) is 23.6 Å². The van der Waals surface area contributed by atoms with Crippen molar-refractivity contribution in [1.29, 1.82) is 0 Å². The maximum absolute atomic E-state index is 6.25. The summed E-state index contributed by atoms with van der Waals surface area (Å²) in [6.07, 6.45) is 4.78. The monoisotopic (exact) mass is 297 g/mol. The smallest absolute Gasteiger partial charge is 0.0522 e. The predicted molar refractivity (Wildman–Crippen MR) is 79.9 cm³/mol. The fourth-order valence-electron chi connectivity index (χ4n) is 2.07. The Kier molecular flexibility index (Phi) is 4.86. The van der Waals surface area contributed by atoms with Gasteiger partial charge in [0, 0.05) is 28.8 Å². The molecule has 0 bridgehead atoms. The summed E-state index contributed by atoms with van der Waals surface area (Å²) in [6, 6.07) is 5.67. The van der Waals surface area contributed by atoms with Gasteiger partial charge in [-0.2, -0.15) is 5.10 Å². The second kappa shape index (κ2) is 6.42. The number of aryl methyl sites for hydroxylation is 1. The van der Waals surface area contributed by atoms with Crippen molar-refractivity contribution in [2.45, 2.75) is 25.9 Å². The molecular weight excluding hydrogens is 281 g/mol. The van der Waals surface area contributed by atoms with Crippen LogP contribution in [0.25, 0.3) is 0 Å². The molecule has 0 saturated heterocycles. The Morgan fingerprint density at radius 3 is 2.79 bits per heavy atom. The van der Waals surface area contributed by atoms with Gasteiger partial charge in [0.15, 0.2) is 0 Å². The number of likely N-dealkylation sites (N-methyl/N-ethyl adjacent to an activating group) is 1. The van der Waals surface area contributed by atoms with E-state index >= 15 is 0 Å². The highest BCUT2D eigenvalue weighted by Gasteiger charge is 2.15. The third-order valence-corrected chi connectivity index (χ3v) is 3.71. The van der Waals surface area contributed by atoms with Gasteiger partial charge < -0.3 is 5.32 Å². The first-order valence-corrected chi connectivity index (χ1v) is 7.03. The summed E-state index contributed by atoms with van der Waals surface area (Å²) in [5, 5.41) is 8.99. The third kappa shape index (κ3) is 3.50. The molecular formula is C14H17Cl2N3. The Bertz CT molecular complexity index is 551. The molecule has 1 N–H and O–H groups in total. The van der Waals surface area contributed by atoms with Gasteiger partial charge in [0.05, 0.1) is 6.20 Å². The number of nitrogens with one attached hydrogen (secondary N) is 1. The molecule has 5 heteroatoms. The zero-order chi connectivity index (χ0) is 13.8. The van der Waals surface area contributed by atoms with Gasteiger partial charge >= 0.3 is 0 Å². The average molecular weight is 298 g/mol. The van der Waals surface area contributed by atoms with Crippen molar-refractivity contribution < 1.29 is 0 Å². The Morgan fingerprint density at radius 2 is 2.16 bits per heavy atom. The standard InChI is InChI=1S/C14H17Cl2N3/c1-3-19-9-10(8-18-19)6-14(17-2)12-7-11(15)4-5-13(12)16/h4-5,7-9,14,17H,3,6H2,1-2H3. The van der Waals surface area contributed by atoms with E-state index in [1.165, 1.54) is 5.56 Å². The fourth-order valence-corrected chi connectivity index (χ4v) is 2.50. The Hall–Kier alpha value is -1.03. The fraction of sp³-hybridized carbons (Fsp3) is 0.357. The molecule has 19 heavy (non-hydrogen) atoms. The van der Waals surface area contributed by atoms with E-state index in [1.54, 1.807) is 6.07 Å². The van der Waals surface area contributed by atoms with E-state index in [-0.39, 0.29) is 6.04 Å². The molecule has 2 rings (SSSR count). The quantitative estimate of drug-likeness (QED) is 0.912. The van der Waals surface area contributed by atoms with Crippen molar-refractivity contribution in [3.05, 3.63) is 51.8 Å². The highest BCUT2D eigenvalue weighted by Crippen LogP contribution is 2.28. The first-order chi connectivity index (χ1) is 9.13. The maximum atomic E-state index is 6.25. The number of benzene rings is 1. The molecule has 1 unspecified atom stereocenters. The molecule has 2 aromatic rings. The molecule has 1 aromatic heterocycles. The molecule has 0 aliphatic rings. The summed E-state index contributed by atoms with van der Waals surface area (Å²) in [4.78, 5) is 0. The third-order valence-electron chi connectivity index (χ3n) is 3.13. The molecule has 0 saturated carbocycles. The van der Waals surface area contributed by atoms with Gasteiger partial charge in [-0.3, -0.25) is 4.68 Å². The molecule has 3 nitrogen and oxygen atoms in total. The first-order valence-electron chi connectivity index (χ1n) is 6.27. The zero-order valence-electron chi connectivity index (χ0n) is 11.0. The maximum Gasteiger partial charge on any atom is 0.0522 e. The lowest BCUT2D eigenvalue weighted by Crippen LogP contribution is -2.19. The summed E-state index contributed by atoms with van der Waals surface area (Å²) in [5.41, 5.74) is 2.19. The van der Waals surface area contributed by atoms with E-state index in [4.69, 9.17) is 23.2 Å². The van der Waals surface area contributed by atoms with Crippen LogP contribution in [0.1, 0.15) is 24.1 Å². The largest absolute Gasteiger partial charge is 0.313 e. The number of aromatic nitrogens is 2. The Morgan fingerprint density at radius 1 is 1.37 bits per heavy atom. The van der Waals surface area contributed by atoms with E-state index in [2.05, 4.69) is 23.5 Å². The number of nitrogens with zero attached hydrogens (tertiary/aromatic N) is 2. The predicted octanol–water partition coefficient (Wildman–Crippen LogP) is 3.71. The SMILES string of the molecule is CCn1cc(CC(NC)c2cc(Cl)ccc2Cl)cn1. The van der Waals surface area contributed by atoms with Crippen molar-refractivity contribution >= 4 is 23.2 Å². The molecule has 102 valence electrons. The lowest BCUT2D eigenvalue weighted by Gasteiger charge is -2.17. The van der Waals surface area contributed by atoms with Crippen molar-refractivity contribution in [3.8, 4) is 0 Å². The first kappa shape index (κ1) is 14.4. The van der Waals surface area contributed by atoms with E-state index in [0.29, 0.717) is 5.02 Å². The van der Waals surface area contributed by atoms with E-state index in [9.17, 15) is 0 Å². The summed E-state index contributed by atoms with van der Waals surface area (Å²) in [6.45, 7) is 2.95. The summed E-state index contributed by atoms with van der Waals surface area (Å²) in [5.74, 6) is 0. The molecule has 0 radical (unpaired) electrons. The summed E-state index contributed by atoms with van der Waals surface area (Å²) >= 11 is 12.3. The second-order valence-corrected chi connectivity index (χ2v) is 5.26. The van der Waals surface area contributed by atoms with Crippen LogP contribution < -0.4 is 5.32 Å². The number of halogens is 2. The van der Waals surface area contributed by atoms with Gasteiger partial charge in [-0.25, -0.2) is 0 Å². The van der Waals surface area contributed by atoms with Crippen LogP contribution in [0.3, 0.4) is 0 Å². The van der Waals surface area contributed by atoms with Gasteiger partial charge in [0.25, 0.3) is 0 Å². The second-order valence-electron chi connectivity index (χ2n) is 4.42. The average Bonchev–Trinajstić information content (AvgIpc) is 2.87. The van der Waals surface area contributed by atoms with Crippen molar-refractivity contribution in [3.63, 3.8) is 0 Å². The summed E-state index contributed by atoms with van der Waals surface area (Å²) in [7, 11) is 1.92. The zero-order valence-corrected chi connectivity index (χ0v) is 12.5. The van der Waals surface area contributed by atoms with Gasteiger partial charge in [-0.05, 0) is 49.7 Å². The summed E-state index contributed by atoms with van der Waals surface area (Å²) < 4.78 is 1.92. The van der Waals surface area contributed by atoms with Gasteiger partial charge in [0.2, 0.25) is 0 Å². The molecule has 0 aliphatic carbocycles. The number of hydrogen-bond acceptors (Lipinski definition) is 2. The normalized spacial score (nSPS) is 12.6. The van der Waals surface area contributed by atoms with Crippen LogP contribution >= 0.6 is 23.2 Å². The van der Waals surface area contributed by atoms with Crippen LogP contribution in [0.5, 0.6) is 0 Å². The number of hydrogen-bond donors (Lipinski definition) is 1. The lowest BCUT2D eigenvalue weighted by atomic mass is 10.0. The Balaban J connectivity index is 2.22. The van der Waals surface area contributed by atoms with Crippen molar-refractivity contribution in [1.82, 2.24) is 15.1 Å². The molecule has 0 amide bonds. The molecule has 0 aliphatic heterocycles. The van der Waals surface area contributed by atoms with Crippen molar-refractivity contribution in [2.24, 2.45) is 0 Å². The molecule has 1 heterocycles. The van der Waals surface area contributed by atoms with Gasteiger partial charge in [0.1, 0.15) is 0 Å². The molecule has 1 atom stereocenters. The minimum atomic E-state index is 0.126. The van der Waals surface area contributed by atoms with E-state index in [1.807, 2.05) is 30.1 Å². The highest BCUT2D eigenvalue weighted by atomic mass is 35.5. The molecule has 1 aromatic carbocycles. The van der Waals surface area contributed by atoms with Crippen LogP contribution in [0.15, 0.2) is 30.6 Å². The van der Waals surface area contributed by atoms with E-state index < -0.39 is 0 Å². The van der Waals surface area contributed by atoms with Gasteiger partial charge in [-0.1, -0.05) is 23.2 Å². The van der Waals surface area contributed by atoms with Crippen LogP contribution in [-0.4, -0.2) is 16.8 Å². The van der Waals surface area contributed by atoms with Crippen LogP contribution in [0.4, 0.5) is 0 Å². The van der Waals surface area contributed by atoms with Crippen LogP contribution in [0.2, 0.25) is 10.0 Å². The minimum Gasteiger partial charge on any atom is -0.313 e. The van der Waals surface area contributed by atoms with Crippen LogP contribution in [-0.2, 0) is 13.0 Å². The Labute approximate surface area is 123 Å². The lowest BCUT2D eigenvalue weighted by molar-refractivity contribution is 0.591. The minimum absolute atomic E-state index is 0.126. The molecule has 0 fully saturated rings. The number of rotatable bonds is 5. The van der Waals surface area contributed by atoms with Gasteiger partial charge in [-0.15, -0.1) is 0 Å².